The highest BCUT2D eigenvalue weighted by atomic mass is 32.2. The minimum absolute atomic E-state index is 0.150. The van der Waals surface area contributed by atoms with Crippen LogP contribution in [0.3, 0.4) is 0 Å². The lowest BCUT2D eigenvalue weighted by Crippen LogP contribution is -2.43. The van der Waals surface area contributed by atoms with Gasteiger partial charge in [-0.25, -0.2) is 8.42 Å². The van der Waals surface area contributed by atoms with E-state index in [2.05, 4.69) is 24.2 Å². The monoisotopic (exact) mass is 393 g/mol. The molecule has 1 amide bonds. The molecule has 1 N–H and O–H groups in total. The van der Waals surface area contributed by atoms with Crippen LogP contribution in [0.2, 0.25) is 0 Å². The van der Waals surface area contributed by atoms with E-state index in [-0.39, 0.29) is 16.8 Å². The van der Waals surface area contributed by atoms with E-state index in [9.17, 15) is 13.2 Å². The molecule has 7 heteroatoms. The number of likely N-dealkylation sites (tertiary alicyclic amines) is 1. The fourth-order valence-corrected chi connectivity index (χ4v) is 5.29. The van der Waals surface area contributed by atoms with E-state index in [1.165, 1.54) is 0 Å². The number of aryl methyl sites for hydroxylation is 1. The second kappa shape index (κ2) is 8.29. The van der Waals surface area contributed by atoms with Crippen LogP contribution in [0.5, 0.6) is 0 Å². The lowest BCUT2D eigenvalue weighted by atomic mass is 10.0. The van der Waals surface area contributed by atoms with Gasteiger partial charge in [-0.15, -0.1) is 0 Å². The van der Waals surface area contributed by atoms with Gasteiger partial charge in [-0.2, -0.15) is 4.31 Å². The molecule has 0 spiro atoms. The molecule has 150 valence electrons. The maximum atomic E-state index is 13.0. The van der Waals surface area contributed by atoms with Gasteiger partial charge in [0.1, 0.15) is 0 Å². The molecular weight excluding hydrogens is 362 g/mol. The van der Waals surface area contributed by atoms with Crippen molar-refractivity contribution in [3.8, 4) is 0 Å². The summed E-state index contributed by atoms with van der Waals surface area (Å²) in [5.41, 5.74) is 1.26. The minimum Gasteiger partial charge on any atom is -0.349 e. The Morgan fingerprint density at radius 2 is 1.70 bits per heavy atom. The Hall–Kier alpha value is -1.44. The van der Waals surface area contributed by atoms with Crippen molar-refractivity contribution in [1.29, 1.82) is 0 Å². The number of benzene rings is 1. The topological polar surface area (TPSA) is 69.7 Å². The lowest BCUT2D eigenvalue weighted by Gasteiger charge is -2.30. The zero-order valence-electron chi connectivity index (χ0n) is 16.6. The maximum Gasteiger partial charge on any atom is 0.251 e. The van der Waals surface area contributed by atoms with Crippen molar-refractivity contribution >= 4 is 15.9 Å². The number of nitrogens with zero attached hydrogens (tertiary/aromatic N) is 2. The summed E-state index contributed by atoms with van der Waals surface area (Å²) in [6.45, 7) is 7.03. The van der Waals surface area contributed by atoms with Crippen LogP contribution in [-0.2, 0) is 10.0 Å². The molecule has 27 heavy (non-hydrogen) atoms. The third-order valence-electron chi connectivity index (χ3n) is 5.89. The second-order valence-electron chi connectivity index (χ2n) is 8.11. The van der Waals surface area contributed by atoms with Crippen molar-refractivity contribution in [2.75, 3.05) is 33.2 Å². The average molecular weight is 394 g/mol. The first kappa shape index (κ1) is 20.3. The smallest absolute Gasteiger partial charge is 0.251 e. The van der Waals surface area contributed by atoms with Gasteiger partial charge in [-0.3, -0.25) is 4.79 Å². The number of hydrogen-bond acceptors (Lipinski definition) is 4. The lowest BCUT2D eigenvalue weighted by molar-refractivity contribution is 0.0916. The summed E-state index contributed by atoms with van der Waals surface area (Å²) in [4.78, 5) is 15.2. The Morgan fingerprint density at radius 3 is 2.33 bits per heavy atom. The van der Waals surface area contributed by atoms with E-state index < -0.39 is 10.0 Å². The fourth-order valence-electron chi connectivity index (χ4n) is 3.80. The number of carbonyl (C=O) groups is 1. The number of piperidine rings is 2. The number of hydrogen-bond donors (Lipinski definition) is 1. The highest BCUT2D eigenvalue weighted by Crippen LogP contribution is 2.25. The van der Waals surface area contributed by atoms with Gasteiger partial charge in [0.05, 0.1) is 4.90 Å². The highest BCUT2D eigenvalue weighted by molar-refractivity contribution is 7.89. The second-order valence-corrected chi connectivity index (χ2v) is 10.1. The molecule has 2 fully saturated rings. The molecule has 0 aromatic heterocycles. The Balaban J connectivity index is 1.76. The zero-order chi connectivity index (χ0) is 19.6. The number of rotatable bonds is 4. The summed E-state index contributed by atoms with van der Waals surface area (Å²) in [6, 6.07) is 5.06. The molecule has 2 saturated heterocycles. The first-order chi connectivity index (χ1) is 12.8. The van der Waals surface area contributed by atoms with Gasteiger partial charge in [0.2, 0.25) is 10.0 Å². The van der Waals surface area contributed by atoms with Gasteiger partial charge in [0, 0.05) is 24.7 Å². The Labute approximate surface area is 163 Å². The van der Waals surface area contributed by atoms with E-state index in [1.807, 2.05) is 6.92 Å². The van der Waals surface area contributed by atoms with Gasteiger partial charge in [-0.05, 0) is 76.4 Å². The SMILES string of the molecule is Cc1ccc(S(=O)(=O)N2CCC(C)CC2)cc1C(=O)NC1CCN(C)CC1. The molecule has 0 unspecified atom stereocenters. The van der Waals surface area contributed by atoms with Crippen LogP contribution >= 0.6 is 0 Å². The van der Waals surface area contributed by atoms with Gasteiger partial charge in [-0.1, -0.05) is 13.0 Å². The predicted molar refractivity (Wildman–Crippen MR) is 106 cm³/mol. The maximum absolute atomic E-state index is 13.0. The van der Waals surface area contributed by atoms with E-state index in [1.54, 1.807) is 22.5 Å². The summed E-state index contributed by atoms with van der Waals surface area (Å²) >= 11 is 0. The summed E-state index contributed by atoms with van der Waals surface area (Å²) < 4.78 is 27.5. The third kappa shape index (κ3) is 4.70. The summed E-state index contributed by atoms with van der Waals surface area (Å²) in [5, 5.41) is 3.09. The van der Waals surface area contributed by atoms with Gasteiger partial charge in [0.15, 0.2) is 0 Å². The molecule has 0 aliphatic carbocycles. The fraction of sp³-hybridized carbons (Fsp3) is 0.650. The molecule has 0 saturated carbocycles. The molecule has 2 aliphatic rings. The van der Waals surface area contributed by atoms with Crippen molar-refractivity contribution in [3.05, 3.63) is 29.3 Å². The predicted octanol–water partition coefficient (Wildman–Crippen LogP) is 2.24. The summed E-state index contributed by atoms with van der Waals surface area (Å²) in [7, 11) is -1.47. The van der Waals surface area contributed by atoms with Gasteiger partial charge >= 0.3 is 0 Å². The van der Waals surface area contributed by atoms with Crippen LogP contribution in [0.1, 0.15) is 48.5 Å². The third-order valence-corrected chi connectivity index (χ3v) is 7.78. The van der Waals surface area contributed by atoms with Crippen LogP contribution in [0.15, 0.2) is 23.1 Å². The van der Waals surface area contributed by atoms with Crippen molar-refractivity contribution in [2.24, 2.45) is 5.92 Å². The first-order valence-electron chi connectivity index (χ1n) is 9.87. The van der Waals surface area contributed by atoms with Crippen molar-refractivity contribution < 1.29 is 13.2 Å². The van der Waals surface area contributed by atoms with Crippen LogP contribution in [0.4, 0.5) is 0 Å². The molecule has 0 bridgehead atoms. The average Bonchev–Trinajstić information content (AvgIpc) is 2.64. The summed E-state index contributed by atoms with van der Waals surface area (Å²) in [6.07, 6.45) is 3.61. The normalized spacial score (nSPS) is 21.3. The minimum atomic E-state index is -3.55. The molecule has 3 rings (SSSR count). The van der Waals surface area contributed by atoms with E-state index >= 15 is 0 Å². The molecule has 6 nitrogen and oxygen atoms in total. The van der Waals surface area contributed by atoms with Crippen molar-refractivity contribution in [2.45, 2.75) is 50.5 Å². The standard InChI is InChI=1S/C20H31N3O3S/c1-15-6-12-23(13-7-15)27(25,26)18-5-4-16(2)19(14-18)20(24)21-17-8-10-22(3)11-9-17/h4-5,14-15,17H,6-13H2,1-3H3,(H,21,24). The Morgan fingerprint density at radius 1 is 1.07 bits per heavy atom. The van der Waals surface area contributed by atoms with Crippen molar-refractivity contribution in [3.63, 3.8) is 0 Å². The van der Waals surface area contributed by atoms with E-state index in [0.29, 0.717) is 24.6 Å². The first-order valence-corrected chi connectivity index (χ1v) is 11.3. The number of sulfonamides is 1. The van der Waals surface area contributed by atoms with Gasteiger partial charge < -0.3 is 10.2 Å². The van der Waals surface area contributed by atoms with E-state index in [0.717, 1.165) is 44.3 Å². The van der Waals surface area contributed by atoms with Crippen molar-refractivity contribution in [1.82, 2.24) is 14.5 Å². The molecular formula is C20H31N3O3S. The molecule has 1 aromatic carbocycles. The number of nitrogens with one attached hydrogen (secondary N) is 1. The largest absolute Gasteiger partial charge is 0.349 e. The quantitative estimate of drug-likeness (QED) is 0.852. The molecule has 2 aliphatic heterocycles. The highest BCUT2D eigenvalue weighted by Gasteiger charge is 2.29. The molecule has 1 aromatic rings. The number of amides is 1. The van der Waals surface area contributed by atoms with E-state index in [4.69, 9.17) is 0 Å². The molecule has 0 radical (unpaired) electrons. The summed E-state index contributed by atoms with van der Waals surface area (Å²) in [5.74, 6) is 0.386. The molecule has 2 heterocycles. The van der Waals surface area contributed by atoms with Crippen LogP contribution in [-0.4, -0.2) is 62.8 Å². The van der Waals surface area contributed by atoms with Crippen LogP contribution in [0.25, 0.3) is 0 Å². The Kier molecular flexibility index (Phi) is 6.23. The van der Waals surface area contributed by atoms with Crippen LogP contribution < -0.4 is 5.32 Å². The Bertz CT molecular complexity index is 778. The van der Waals surface area contributed by atoms with Crippen LogP contribution in [0, 0.1) is 12.8 Å². The van der Waals surface area contributed by atoms with Gasteiger partial charge in [0.25, 0.3) is 5.91 Å². The number of carbonyl (C=O) groups excluding carboxylic acids is 1. The zero-order valence-corrected chi connectivity index (χ0v) is 17.4. The molecule has 0 atom stereocenters.